The highest BCUT2D eigenvalue weighted by molar-refractivity contribution is 5.62. The summed E-state index contributed by atoms with van der Waals surface area (Å²) in [6, 6.07) is 0. The molecule has 1 rings (SSSR count). The van der Waals surface area contributed by atoms with Crippen LogP contribution in [0.2, 0.25) is 0 Å². The molecule has 1 heteroatoms. The SMILES string of the molecule is C=C.C=CC1=C(/C=C\C)CCC(C(C)CCN)=C1C(/C=C\C)=C/C.CC.CC.CC. The zero-order valence-corrected chi connectivity index (χ0v) is 22.1. The summed E-state index contributed by atoms with van der Waals surface area (Å²) in [5.41, 5.74) is 12.7. The van der Waals surface area contributed by atoms with E-state index in [0.717, 1.165) is 25.8 Å². The lowest BCUT2D eigenvalue weighted by atomic mass is 9.76. The Bertz CT molecular complexity index is 553. The van der Waals surface area contributed by atoms with Crippen molar-refractivity contribution in [2.24, 2.45) is 11.7 Å². The molecule has 2 N–H and O–H groups in total. The molecule has 1 atom stereocenters. The molecule has 0 aromatic heterocycles. The summed E-state index contributed by atoms with van der Waals surface area (Å²) >= 11 is 0. The number of nitrogens with two attached hydrogens (primary N) is 1. The molecule has 1 aliphatic rings. The molecular formula is C29H53N. The molecule has 0 bridgehead atoms. The Kier molecular flexibility index (Phi) is 32.2. The highest BCUT2D eigenvalue weighted by Gasteiger charge is 2.23. The monoisotopic (exact) mass is 415 g/mol. The summed E-state index contributed by atoms with van der Waals surface area (Å²) in [7, 11) is 0. The normalized spacial score (nSPS) is 14.4. The van der Waals surface area contributed by atoms with E-state index >= 15 is 0 Å². The Hall–Kier alpha value is -1.86. The van der Waals surface area contributed by atoms with Crippen molar-refractivity contribution in [2.75, 3.05) is 6.54 Å². The Morgan fingerprint density at radius 2 is 1.50 bits per heavy atom. The molecule has 0 amide bonds. The van der Waals surface area contributed by atoms with Crippen LogP contribution < -0.4 is 5.73 Å². The van der Waals surface area contributed by atoms with Gasteiger partial charge in [-0.15, -0.1) is 13.2 Å². The topological polar surface area (TPSA) is 26.0 Å². The fourth-order valence-electron chi connectivity index (χ4n) is 3.23. The second-order valence-electron chi connectivity index (χ2n) is 5.77. The van der Waals surface area contributed by atoms with Gasteiger partial charge >= 0.3 is 0 Å². The minimum absolute atomic E-state index is 0.516. The lowest BCUT2D eigenvalue weighted by Gasteiger charge is -2.28. The summed E-state index contributed by atoms with van der Waals surface area (Å²) in [6.45, 7) is 31.4. The van der Waals surface area contributed by atoms with E-state index in [2.05, 4.69) is 77.8 Å². The standard InChI is InChI=1S/C21H31N.3C2H6.C2H4/c1-6-10-17(8-3)21-19(9-4)18(11-7-2)12-13-20(21)16(5)14-15-22;4*1-2/h6-11,16H,4,12-15,22H2,1-3,5H3;3*1-2H3;1-2H2/b10-6-,11-7-,17-8+;;;;. The van der Waals surface area contributed by atoms with Crippen LogP contribution in [-0.2, 0) is 0 Å². The van der Waals surface area contributed by atoms with Crippen LogP contribution in [0.25, 0.3) is 0 Å². The van der Waals surface area contributed by atoms with E-state index < -0.39 is 0 Å². The molecule has 0 aromatic carbocycles. The first kappa shape index (κ1) is 35.6. The smallest absolute Gasteiger partial charge is 0.00717 e. The fourth-order valence-corrected chi connectivity index (χ4v) is 3.23. The van der Waals surface area contributed by atoms with Crippen LogP contribution in [-0.4, -0.2) is 6.54 Å². The molecule has 1 unspecified atom stereocenters. The highest BCUT2D eigenvalue weighted by Crippen LogP contribution is 2.40. The largest absolute Gasteiger partial charge is 0.330 e. The average molecular weight is 416 g/mol. The summed E-state index contributed by atoms with van der Waals surface area (Å²) in [4.78, 5) is 0. The maximum absolute atomic E-state index is 5.80. The number of hydrogen-bond acceptors (Lipinski definition) is 1. The number of rotatable bonds is 7. The lowest BCUT2D eigenvalue weighted by Crippen LogP contribution is -2.14. The lowest BCUT2D eigenvalue weighted by molar-refractivity contribution is 0.587. The minimum atomic E-state index is 0.516. The van der Waals surface area contributed by atoms with Crippen molar-refractivity contribution in [3.8, 4) is 0 Å². The molecule has 0 saturated heterocycles. The minimum Gasteiger partial charge on any atom is -0.330 e. The first-order valence-electron chi connectivity index (χ1n) is 11.9. The zero-order chi connectivity index (χ0) is 24.5. The van der Waals surface area contributed by atoms with Gasteiger partial charge in [0.25, 0.3) is 0 Å². The molecule has 1 nitrogen and oxygen atoms in total. The Morgan fingerprint density at radius 1 is 0.967 bits per heavy atom. The Morgan fingerprint density at radius 3 is 1.87 bits per heavy atom. The number of hydrogen-bond donors (Lipinski definition) is 1. The van der Waals surface area contributed by atoms with E-state index in [0.29, 0.717) is 5.92 Å². The summed E-state index contributed by atoms with van der Waals surface area (Å²) < 4.78 is 0. The van der Waals surface area contributed by atoms with Crippen LogP contribution in [0.15, 0.2) is 84.1 Å². The van der Waals surface area contributed by atoms with Gasteiger partial charge in [-0.25, -0.2) is 0 Å². The molecule has 0 fully saturated rings. The van der Waals surface area contributed by atoms with Gasteiger partial charge in [-0.1, -0.05) is 97.1 Å². The molecule has 0 aliphatic heterocycles. The van der Waals surface area contributed by atoms with Gasteiger partial charge in [-0.3, -0.25) is 0 Å². The molecule has 174 valence electrons. The average Bonchev–Trinajstić information content (AvgIpc) is 2.82. The van der Waals surface area contributed by atoms with Crippen molar-refractivity contribution in [1.82, 2.24) is 0 Å². The van der Waals surface area contributed by atoms with Crippen molar-refractivity contribution in [1.29, 1.82) is 0 Å². The van der Waals surface area contributed by atoms with Gasteiger partial charge in [-0.05, 0) is 74.8 Å². The van der Waals surface area contributed by atoms with Crippen molar-refractivity contribution in [3.05, 3.63) is 84.1 Å². The van der Waals surface area contributed by atoms with E-state index in [-0.39, 0.29) is 0 Å². The second-order valence-corrected chi connectivity index (χ2v) is 5.77. The van der Waals surface area contributed by atoms with Gasteiger partial charge in [0, 0.05) is 0 Å². The zero-order valence-electron chi connectivity index (χ0n) is 22.1. The van der Waals surface area contributed by atoms with E-state index in [4.69, 9.17) is 5.73 Å². The van der Waals surface area contributed by atoms with Gasteiger partial charge in [0.1, 0.15) is 0 Å². The van der Waals surface area contributed by atoms with Crippen molar-refractivity contribution >= 4 is 0 Å². The predicted molar refractivity (Wildman–Crippen MR) is 145 cm³/mol. The Labute approximate surface area is 190 Å². The predicted octanol–water partition coefficient (Wildman–Crippen LogP) is 9.52. The molecule has 30 heavy (non-hydrogen) atoms. The van der Waals surface area contributed by atoms with Crippen LogP contribution >= 0.6 is 0 Å². The number of allylic oxidation sites excluding steroid dienone is 11. The van der Waals surface area contributed by atoms with Crippen LogP contribution in [0.4, 0.5) is 0 Å². The van der Waals surface area contributed by atoms with Crippen molar-refractivity contribution in [3.63, 3.8) is 0 Å². The van der Waals surface area contributed by atoms with Crippen LogP contribution in [0.5, 0.6) is 0 Å². The molecule has 0 aromatic rings. The fraction of sp³-hybridized carbons (Fsp3) is 0.517. The molecular weight excluding hydrogens is 362 g/mol. The maximum Gasteiger partial charge on any atom is -0.00717 e. The Balaban J connectivity index is -0.000000376. The maximum atomic E-state index is 5.80. The third kappa shape index (κ3) is 12.6. The van der Waals surface area contributed by atoms with E-state index in [1.54, 1.807) is 0 Å². The molecule has 0 heterocycles. The van der Waals surface area contributed by atoms with Gasteiger partial charge < -0.3 is 5.73 Å². The summed E-state index contributed by atoms with van der Waals surface area (Å²) in [5, 5.41) is 0. The third-order valence-electron chi connectivity index (χ3n) is 4.31. The van der Waals surface area contributed by atoms with Crippen molar-refractivity contribution in [2.45, 2.75) is 88.5 Å². The van der Waals surface area contributed by atoms with E-state index in [9.17, 15) is 0 Å². The second kappa shape index (κ2) is 27.1. The molecule has 0 saturated carbocycles. The first-order valence-corrected chi connectivity index (χ1v) is 11.9. The van der Waals surface area contributed by atoms with Crippen LogP contribution in [0, 0.1) is 5.92 Å². The third-order valence-corrected chi connectivity index (χ3v) is 4.31. The summed E-state index contributed by atoms with van der Waals surface area (Å²) in [5.74, 6) is 0.516. The van der Waals surface area contributed by atoms with Gasteiger partial charge in [0.15, 0.2) is 0 Å². The van der Waals surface area contributed by atoms with Crippen LogP contribution in [0.3, 0.4) is 0 Å². The van der Waals surface area contributed by atoms with Gasteiger partial charge in [-0.2, -0.15) is 0 Å². The molecule has 1 aliphatic carbocycles. The van der Waals surface area contributed by atoms with Gasteiger partial charge in [0.05, 0.1) is 0 Å². The first-order chi connectivity index (χ1) is 14.6. The summed E-state index contributed by atoms with van der Waals surface area (Å²) in [6.07, 6.45) is 16.1. The highest BCUT2D eigenvalue weighted by atomic mass is 14.5. The quantitative estimate of drug-likeness (QED) is 0.325. The van der Waals surface area contributed by atoms with Crippen LogP contribution in [0.1, 0.15) is 88.5 Å². The van der Waals surface area contributed by atoms with E-state index in [1.807, 2.05) is 47.6 Å². The van der Waals surface area contributed by atoms with E-state index in [1.165, 1.54) is 27.9 Å². The molecule has 0 radical (unpaired) electrons. The van der Waals surface area contributed by atoms with Crippen molar-refractivity contribution < 1.29 is 0 Å². The van der Waals surface area contributed by atoms with Gasteiger partial charge in [0.2, 0.25) is 0 Å². The molecule has 0 spiro atoms.